The van der Waals surface area contributed by atoms with Crippen LogP contribution in [0.5, 0.6) is 0 Å². The van der Waals surface area contributed by atoms with Crippen molar-refractivity contribution in [1.82, 2.24) is 9.80 Å². The molecule has 5 aliphatic rings. The zero-order chi connectivity index (χ0) is 21.0. The normalized spacial score (nSPS) is 33.1. The topological polar surface area (TPSA) is 40.6 Å². The van der Waals surface area contributed by atoms with Crippen molar-refractivity contribution >= 4 is 11.8 Å². The summed E-state index contributed by atoms with van der Waals surface area (Å²) in [6, 6.07) is 5.07. The Balaban J connectivity index is 1.35. The van der Waals surface area contributed by atoms with Crippen LogP contribution in [-0.4, -0.2) is 46.8 Å². The lowest BCUT2D eigenvalue weighted by Gasteiger charge is -2.51. The Morgan fingerprint density at radius 2 is 1.67 bits per heavy atom. The molecule has 3 heterocycles. The number of alkyl halides is 3. The molecule has 0 N–H and O–H groups in total. The minimum absolute atomic E-state index is 0.0237. The first kappa shape index (κ1) is 19.9. The van der Waals surface area contributed by atoms with Crippen molar-refractivity contribution in [3.63, 3.8) is 0 Å². The highest BCUT2D eigenvalue weighted by atomic mass is 19.4. The summed E-state index contributed by atoms with van der Waals surface area (Å²) in [5.74, 6) is -0.196. The number of carbonyl (C=O) groups excluding carboxylic acids is 2. The second kappa shape index (κ2) is 7.27. The van der Waals surface area contributed by atoms with Crippen LogP contribution in [0.4, 0.5) is 13.2 Å². The summed E-state index contributed by atoms with van der Waals surface area (Å²) in [4.78, 5) is 30.5. The van der Waals surface area contributed by atoms with E-state index in [4.69, 9.17) is 0 Å². The van der Waals surface area contributed by atoms with E-state index in [1.165, 1.54) is 12.1 Å². The van der Waals surface area contributed by atoms with Gasteiger partial charge in [-0.1, -0.05) is 18.2 Å². The summed E-state index contributed by atoms with van der Waals surface area (Å²) in [5, 5.41) is 0. The van der Waals surface area contributed by atoms with E-state index in [0.29, 0.717) is 12.0 Å². The van der Waals surface area contributed by atoms with E-state index >= 15 is 0 Å². The van der Waals surface area contributed by atoms with Crippen LogP contribution in [0.3, 0.4) is 0 Å². The smallest absolute Gasteiger partial charge is 0.341 e. The number of likely N-dealkylation sites (tertiary alicyclic amines) is 1. The summed E-state index contributed by atoms with van der Waals surface area (Å²) >= 11 is 0. The number of fused-ring (bicyclic) bond motifs is 3. The van der Waals surface area contributed by atoms with Crippen molar-refractivity contribution in [1.29, 1.82) is 0 Å². The fourth-order valence-corrected chi connectivity index (χ4v) is 5.89. The Morgan fingerprint density at radius 1 is 0.967 bits per heavy atom. The predicted molar refractivity (Wildman–Crippen MR) is 104 cm³/mol. The van der Waals surface area contributed by atoms with E-state index in [2.05, 4.69) is 0 Å². The fraction of sp³-hybridized carbons (Fsp3) is 0.652. The maximum atomic E-state index is 13.5. The largest absolute Gasteiger partial charge is 0.416 e. The van der Waals surface area contributed by atoms with Gasteiger partial charge in [-0.05, 0) is 68.4 Å². The SMILES string of the molecule is O=C([C@@H]1C2CCC(CC2)N1C(=O)[C@@H]1C[C@H]1c1cccc(C(F)(F)F)c1)N1CCCC1. The molecular formula is C23H27F3N2O2. The number of amides is 2. The Bertz CT molecular complexity index is 841. The minimum atomic E-state index is -4.39. The van der Waals surface area contributed by atoms with Crippen molar-refractivity contribution in [2.75, 3.05) is 13.1 Å². The molecule has 3 atom stereocenters. The maximum absolute atomic E-state index is 13.5. The van der Waals surface area contributed by atoms with Crippen molar-refractivity contribution in [3.8, 4) is 0 Å². The Labute approximate surface area is 174 Å². The number of piperidine rings is 2. The van der Waals surface area contributed by atoms with Crippen LogP contribution < -0.4 is 0 Å². The molecule has 162 valence electrons. The van der Waals surface area contributed by atoms with E-state index in [1.807, 2.05) is 9.80 Å². The number of rotatable bonds is 3. The number of benzene rings is 1. The fourth-order valence-electron chi connectivity index (χ4n) is 5.89. The average Bonchev–Trinajstić information content (AvgIpc) is 3.36. The van der Waals surface area contributed by atoms with Crippen LogP contribution >= 0.6 is 0 Å². The molecule has 3 aliphatic heterocycles. The second-order valence-corrected chi connectivity index (χ2v) is 9.36. The van der Waals surface area contributed by atoms with Crippen LogP contribution in [0.1, 0.15) is 62.0 Å². The summed E-state index contributed by atoms with van der Waals surface area (Å²) in [7, 11) is 0. The van der Waals surface area contributed by atoms with Gasteiger partial charge in [-0.25, -0.2) is 0 Å². The molecular weight excluding hydrogens is 393 g/mol. The highest BCUT2D eigenvalue weighted by molar-refractivity contribution is 5.91. The van der Waals surface area contributed by atoms with Gasteiger partial charge in [-0.2, -0.15) is 13.2 Å². The van der Waals surface area contributed by atoms with Crippen molar-refractivity contribution in [2.24, 2.45) is 11.8 Å². The van der Waals surface area contributed by atoms with Gasteiger partial charge in [0.1, 0.15) is 6.04 Å². The van der Waals surface area contributed by atoms with Gasteiger partial charge in [0.05, 0.1) is 5.56 Å². The molecule has 2 amide bonds. The van der Waals surface area contributed by atoms with Crippen LogP contribution in [0.15, 0.2) is 24.3 Å². The maximum Gasteiger partial charge on any atom is 0.416 e. The molecule has 7 heteroatoms. The monoisotopic (exact) mass is 420 g/mol. The summed E-state index contributed by atoms with van der Waals surface area (Å²) < 4.78 is 39.2. The lowest BCUT2D eigenvalue weighted by Crippen LogP contribution is -2.63. The molecule has 0 radical (unpaired) electrons. The van der Waals surface area contributed by atoms with Gasteiger partial charge < -0.3 is 9.80 Å². The highest BCUT2D eigenvalue weighted by Crippen LogP contribution is 2.52. The predicted octanol–water partition coefficient (Wildman–Crippen LogP) is 4.20. The molecule has 6 rings (SSSR count). The zero-order valence-electron chi connectivity index (χ0n) is 16.9. The Hall–Kier alpha value is -2.05. The molecule has 1 aromatic rings. The van der Waals surface area contributed by atoms with Gasteiger partial charge in [-0.3, -0.25) is 9.59 Å². The lowest BCUT2D eigenvalue weighted by molar-refractivity contribution is -0.159. The lowest BCUT2D eigenvalue weighted by atomic mass is 9.73. The van der Waals surface area contributed by atoms with E-state index in [-0.39, 0.29) is 41.7 Å². The molecule has 30 heavy (non-hydrogen) atoms. The Morgan fingerprint density at radius 3 is 2.33 bits per heavy atom. The number of hydrogen-bond acceptors (Lipinski definition) is 2. The van der Waals surface area contributed by atoms with Crippen LogP contribution in [0.25, 0.3) is 0 Å². The first-order valence-corrected chi connectivity index (χ1v) is 11.1. The highest BCUT2D eigenvalue weighted by Gasteiger charge is 2.54. The molecule has 4 nitrogen and oxygen atoms in total. The molecule has 2 saturated carbocycles. The van der Waals surface area contributed by atoms with Gasteiger partial charge in [0.25, 0.3) is 0 Å². The summed E-state index contributed by atoms with van der Waals surface area (Å²) in [6.45, 7) is 1.54. The van der Waals surface area contributed by atoms with E-state index in [0.717, 1.165) is 57.7 Å². The third-order valence-electron chi connectivity index (χ3n) is 7.56. The number of nitrogens with zero attached hydrogens (tertiary/aromatic N) is 2. The number of hydrogen-bond donors (Lipinski definition) is 0. The molecule has 5 fully saturated rings. The summed E-state index contributed by atoms with van der Waals surface area (Å²) in [6.07, 6.45) is 2.05. The van der Waals surface area contributed by atoms with E-state index < -0.39 is 11.7 Å². The van der Waals surface area contributed by atoms with Crippen molar-refractivity contribution in [3.05, 3.63) is 35.4 Å². The molecule has 0 aromatic heterocycles. The van der Waals surface area contributed by atoms with Crippen molar-refractivity contribution in [2.45, 2.75) is 69.1 Å². The van der Waals surface area contributed by atoms with Gasteiger partial charge in [-0.15, -0.1) is 0 Å². The van der Waals surface area contributed by atoms with Gasteiger partial charge in [0.15, 0.2) is 0 Å². The molecule has 3 saturated heterocycles. The average molecular weight is 420 g/mol. The van der Waals surface area contributed by atoms with Crippen LogP contribution in [0, 0.1) is 11.8 Å². The van der Waals surface area contributed by atoms with Gasteiger partial charge >= 0.3 is 6.18 Å². The van der Waals surface area contributed by atoms with Gasteiger partial charge in [0.2, 0.25) is 11.8 Å². The quantitative estimate of drug-likeness (QED) is 0.735. The third kappa shape index (κ3) is 3.40. The van der Waals surface area contributed by atoms with Crippen LogP contribution in [0.2, 0.25) is 0 Å². The minimum Gasteiger partial charge on any atom is -0.341 e. The standard InChI is InChI=1S/C23H27F3N2O2/c24-23(25,26)16-5-3-4-15(12-16)18-13-19(18)21(29)28-17-8-6-14(7-9-17)20(28)22(30)27-10-1-2-11-27/h3-5,12,14,17-20H,1-2,6-11,13H2/t14?,17?,18-,19+,20-/m0/s1. The van der Waals surface area contributed by atoms with Crippen LogP contribution in [-0.2, 0) is 15.8 Å². The molecule has 1 aromatic carbocycles. The number of carbonyl (C=O) groups is 2. The van der Waals surface area contributed by atoms with Gasteiger partial charge in [0, 0.05) is 25.0 Å². The van der Waals surface area contributed by atoms with Crippen molar-refractivity contribution < 1.29 is 22.8 Å². The Kier molecular flexibility index (Phi) is 4.82. The third-order valence-corrected chi connectivity index (χ3v) is 7.56. The molecule has 2 aliphatic carbocycles. The molecule has 0 unspecified atom stereocenters. The first-order valence-electron chi connectivity index (χ1n) is 11.1. The second-order valence-electron chi connectivity index (χ2n) is 9.36. The zero-order valence-corrected chi connectivity index (χ0v) is 16.9. The van der Waals surface area contributed by atoms with E-state index in [1.54, 1.807) is 6.07 Å². The molecule has 0 spiro atoms. The molecule has 2 bridgehead atoms. The summed E-state index contributed by atoms with van der Waals surface area (Å²) in [5.41, 5.74) is -0.0926. The van der Waals surface area contributed by atoms with E-state index in [9.17, 15) is 22.8 Å². The first-order chi connectivity index (χ1) is 14.3. The number of halogens is 3.